The van der Waals surface area contributed by atoms with Gasteiger partial charge in [-0.15, -0.1) is 0 Å². The molecule has 7 heteroatoms. The molecular formula is C13H19N3O4. The van der Waals surface area contributed by atoms with Crippen LogP contribution in [0.5, 0.6) is 0 Å². The molecule has 110 valence electrons. The Kier molecular flexibility index (Phi) is 5.45. The molecular weight excluding hydrogens is 262 g/mol. The zero-order valence-corrected chi connectivity index (χ0v) is 11.8. The van der Waals surface area contributed by atoms with Gasteiger partial charge in [0.1, 0.15) is 11.3 Å². The van der Waals surface area contributed by atoms with Crippen molar-refractivity contribution in [2.45, 2.75) is 19.9 Å². The lowest BCUT2D eigenvalue weighted by molar-refractivity contribution is -0.384. The maximum atomic E-state index is 12.5. The molecule has 0 aliphatic carbocycles. The molecule has 0 spiro atoms. The predicted octanol–water partition coefficient (Wildman–Crippen LogP) is 1.67. The summed E-state index contributed by atoms with van der Waals surface area (Å²) in [6.45, 7) is 4.40. The maximum Gasteiger partial charge on any atom is 0.304 e. The highest BCUT2D eigenvalue weighted by Gasteiger charge is 2.27. The van der Waals surface area contributed by atoms with Crippen molar-refractivity contribution in [3.63, 3.8) is 0 Å². The molecule has 1 aromatic rings. The van der Waals surface area contributed by atoms with Gasteiger partial charge in [-0.05, 0) is 26.0 Å². The van der Waals surface area contributed by atoms with Gasteiger partial charge < -0.3 is 15.4 Å². The number of para-hydroxylation sites is 1. The zero-order valence-electron chi connectivity index (χ0n) is 11.8. The van der Waals surface area contributed by atoms with E-state index in [1.54, 1.807) is 0 Å². The number of nitrogens with two attached hydrogens (primary N) is 1. The summed E-state index contributed by atoms with van der Waals surface area (Å²) in [7, 11) is 1.53. The summed E-state index contributed by atoms with van der Waals surface area (Å²) in [6, 6.07) is 4.26. The van der Waals surface area contributed by atoms with Crippen molar-refractivity contribution in [2.24, 2.45) is 0 Å². The first-order chi connectivity index (χ1) is 9.40. The van der Waals surface area contributed by atoms with Gasteiger partial charge in [0.15, 0.2) is 0 Å². The lowest BCUT2D eigenvalue weighted by atomic mass is 10.1. The number of anilines is 1. The van der Waals surface area contributed by atoms with Crippen LogP contribution in [0.25, 0.3) is 0 Å². The van der Waals surface area contributed by atoms with Crippen LogP contribution in [0.15, 0.2) is 18.2 Å². The second kappa shape index (κ2) is 6.85. The average Bonchev–Trinajstić information content (AvgIpc) is 2.37. The predicted molar refractivity (Wildman–Crippen MR) is 75.6 cm³/mol. The number of carbonyl (C=O) groups is 1. The standard InChI is InChI=1S/C13H19N3O4/c1-9(2)15(7-8-20-3)13(17)10-5-4-6-11(14)12(10)16(18)19/h4-6,9H,7-8,14H2,1-3H3. The van der Waals surface area contributed by atoms with E-state index < -0.39 is 10.8 Å². The van der Waals surface area contributed by atoms with Gasteiger partial charge in [-0.2, -0.15) is 0 Å². The Labute approximate surface area is 117 Å². The third-order valence-corrected chi connectivity index (χ3v) is 2.90. The fourth-order valence-corrected chi connectivity index (χ4v) is 1.88. The summed E-state index contributed by atoms with van der Waals surface area (Å²) in [5.41, 5.74) is 5.24. The first kappa shape index (κ1) is 15.9. The summed E-state index contributed by atoms with van der Waals surface area (Å²) in [5.74, 6) is -0.420. The molecule has 20 heavy (non-hydrogen) atoms. The van der Waals surface area contributed by atoms with Crippen molar-refractivity contribution in [1.29, 1.82) is 0 Å². The smallest absolute Gasteiger partial charge is 0.304 e. The van der Waals surface area contributed by atoms with Crippen molar-refractivity contribution >= 4 is 17.3 Å². The Bertz CT molecular complexity index is 502. The number of benzene rings is 1. The van der Waals surface area contributed by atoms with Gasteiger partial charge in [-0.1, -0.05) is 6.07 Å². The number of carbonyl (C=O) groups excluding carboxylic acids is 1. The van der Waals surface area contributed by atoms with Crippen molar-refractivity contribution in [2.75, 3.05) is 26.0 Å². The Morgan fingerprint density at radius 1 is 1.50 bits per heavy atom. The van der Waals surface area contributed by atoms with Gasteiger partial charge in [-0.25, -0.2) is 0 Å². The van der Waals surface area contributed by atoms with Gasteiger partial charge >= 0.3 is 5.69 Å². The molecule has 0 heterocycles. The molecule has 0 saturated heterocycles. The first-order valence-electron chi connectivity index (χ1n) is 6.23. The zero-order chi connectivity index (χ0) is 15.3. The van der Waals surface area contributed by atoms with Crippen LogP contribution in [-0.4, -0.2) is 42.0 Å². The third kappa shape index (κ3) is 3.45. The van der Waals surface area contributed by atoms with Crippen LogP contribution in [0.2, 0.25) is 0 Å². The van der Waals surface area contributed by atoms with E-state index in [4.69, 9.17) is 10.5 Å². The van der Waals surface area contributed by atoms with E-state index in [1.807, 2.05) is 13.8 Å². The van der Waals surface area contributed by atoms with E-state index in [2.05, 4.69) is 0 Å². The van der Waals surface area contributed by atoms with Gasteiger partial charge in [0.2, 0.25) is 0 Å². The minimum Gasteiger partial charge on any atom is -0.393 e. The number of rotatable bonds is 6. The summed E-state index contributed by atoms with van der Waals surface area (Å²) in [6.07, 6.45) is 0. The quantitative estimate of drug-likeness (QED) is 0.486. The molecule has 2 N–H and O–H groups in total. The van der Waals surface area contributed by atoms with Gasteiger partial charge in [0, 0.05) is 19.7 Å². The fraction of sp³-hybridized carbons (Fsp3) is 0.462. The van der Waals surface area contributed by atoms with Crippen LogP contribution >= 0.6 is 0 Å². The highest BCUT2D eigenvalue weighted by atomic mass is 16.6. The molecule has 0 atom stereocenters. The number of nitrogens with zero attached hydrogens (tertiary/aromatic N) is 2. The normalized spacial score (nSPS) is 10.6. The van der Waals surface area contributed by atoms with Crippen molar-refractivity contribution in [3.05, 3.63) is 33.9 Å². The monoisotopic (exact) mass is 281 g/mol. The van der Waals surface area contributed by atoms with Gasteiger partial charge in [0.25, 0.3) is 5.91 Å². The molecule has 0 radical (unpaired) electrons. The number of amides is 1. The topological polar surface area (TPSA) is 98.7 Å². The van der Waals surface area contributed by atoms with E-state index in [1.165, 1.54) is 30.2 Å². The summed E-state index contributed by atoms with van der Waals surface area (Å²) < 4.78 is 4.96. The minimum atomic E-state index is -0.628. The second-order valence-electron chi connectivity index (χ2n) is 4.59. The number of hydrogen-bond acceptors (Lipinski definition) is 5. The third-order valence-electron chi connectivity index (χ3n) is 2.90. The average molecular weight is 281 g/mol. The van der Waals surface area contributed by atoms with E-state index in [-0.39, 0.29) is 23.0 Å². The Hall–Kier alpha value is -2.15. The van der Waals surface area contributed by atoms with Gasteiger partial charge in [-0.3, -0.25) is 14.9 Å². The second-order valence-corrected chi connectivity index (χ2v) is 4.59. The molecule has 1 aromatic carbocycles. The summed E-state index contributed by atoms with van der Waals surface area (Å²) in [4.78, 5) is 24.5. The number of nitrogen functional groups attached to an aromatic ring is 1. The first-order valence-corrected chi connectivity index (χ1v) is 6.23. The van der Waals surface area contributed by atoms with Gasteiger partial charge in [0.05, 0.1) is 11.5 Å². The van der Waals surface area contributed by atoms with Crippen LogP contribution < -0.4 is 5.73 Å². The molecule has 0 aliphatic rings. The molecule has 0 aromatic heterocycles. The number of nitro groups is 1. The molecule has 0 unspecified atom stereocenters. The number of ether oxygens (including phenoxy) is 1. The van der Waals surface area contributed by atoms with Crippen LogP contribution in [-0.2, 0) is 4.74 Å². The lowest BCUT2D eigenvalue weighted by Gasteiger charge is -2.26. The van der Waals surface area contributed by atoms with Crippen LogP contribution in [0.3, 0.4) is 0 Å². The Morgan fingerprint density at radius 3 is 2.65 bits per heavy atom. The van der Waals surface area contributed by atoms with E-state index in [0.717, 1.165) is 0 Å². The summed E-state index contributed by atoms with van der Waals surface area (Å²) in [5, 5.41) is 11.1. The van der Waals surface area contributed by atoms with Crippen LogP contribution in [0.4, 0.5) is 11.4 Å². The Morgan fingerprint density at radius 2 is 2.15 bits per heavy atom. The molecule has 0 aliphatic heterocycles. The van der Waals surface area contributed by atoms with Crippen molar-refractivity contribution in [1.82, 2.24) is 4.90 Å². The summed E-state index contributed by atoms with van der Waals surface area (Å²) >= 11 is 0. The highest BCUT2D eigenvalue weighted by molar-refractivity contribution is 6.00. The molecule has 7 nitrogen and oxygen atoms in total. The van der Waals surface area contributed by atoms with E-state index in [0.29, 0.717) is 13.2 Å². The van der Waals surface area contributed by atoms with Crippen molar-refractivity contribution < 1.29 is 14.5 Å². The molecule has 0 bridgehead atoms. The number of methoxy groups -OCH3 is 1. The molecule has 0 fully saturated rings. The Balaban J connectivity index is 3.18. The largest absolute Gasteiger partial charge is 0.393 e. The van der Waals surface area contributed by atoms with Crippen molar-refractivity contribution in [3.8, 4) is 0 Å². The number of hydrogen-bond donors (Lipinski definition) is 1. The minimum absolute atomic E-state index is 0.000182. The van der Waals surface area contributed by atoms with E-state index >= 15 is 0 Å². The van der Waals surface area contributed by atoms with E-state index in [9.17, 15) is 14.9 Å². The lowest BCUT2D eigenvalue weighted by Crippen LogP contribution is -2.39. The highest BCUT2D eigenvalue weighted by Crippen LogP contribution is 2.27. The van der Waals surface area contributed by atoms with Crippen LogP contribution in [0.1, 0.15) is 24.2 Å². The molecule has 1 rings (SSSR count). The SMILES string of the molecule is COCCN(C(=O)c1cccc(N)c1[N+](=O)[O-])C(C)C. The fourth-order valence-electron chi connectivity index (χ4n) is 1.88. The maximum absolute atomic E-state index is 12.5. The van der Waals surface area contributed by atoms with Crippen LogP contribution in [0, 0.1) is 10.1 Å². The number of nitro benzene ring substituents is 1. The molecule has 1 amide bonds. The molecule has 0 saturated carbocycles.